The average Bonchev–Trinajstić information content (AvgIpc) is 3.49. The van der Waals surface area contributed by atoms with Crippen LogP contribution < -0.4 is 4.90 Å². The summed E-state index contributed by atoms with van der Waals surface area (Å²) in [7, 11) is 0. The lowest BCUT2D eigenvalue weighted by Gasteiger charge is -2.28. The maximum atomic E-state index is 6.76. The molecule has 9 rings (SSSR count). The zero-order chi connectivity index (χ0) is 30.5. The van der Waals surface area contributed by atoms with E-state index in [1.807, 2.05) is 0 Å². The predicted octanol–water partition coefficient (Wildman–Crippen LogP) is 12.7. The van der Waals surface area contributed by atoms with Crippen LogP contribution in [0.1, 0.15) is 0 Å². The van der Waals surface area contributed by atoms with Gasteiger partial charge in [-0.05, 0) is 74.6 Å². The maximum absolute atomic E-state index is 6.76. The number of para-hydroxylation sites is 2. The predicted molar refractivity (Wildman–Crippen MR) is 194 cm³/mol. The molecule has 0 spiro atoms. The van der Waals surface area contributed by atoms with Crippen molar-refractivity contribution in [3.63, 3.8) is 0 Å². The number of nitrogens with zero attached hydrogens (tertiary/aromatic N) is 1. The number of benzene rings is 8. The normalized spacial score (nSPS) is 11.5. The Balaban J connectivity index is 1.27. The fraction of sp³-hybridized carbons (Fsp3) is 0. The summed E-state index contributed by atoms with van der Waals surface area (Å²) in [5.41, 5.74) is 9.64. The maximum Gasteiger partial charge on any atom is 0.159 e. The Hall–Kier alpha value is -6.12. The van der Waals surface area contributed by atoms with Gasteiger partial charge < -0.3 is 9.32 Å². The van der Waals surface area contributed by atoms with Crippen LogP contribution in [-0.2, 0) is 0 Å². The Kier molecular flexibility index (Phi) is 6.17. The van der Waals surface area contributed by atoms with Gasteiger partial charge in [-0.2, -0.15) is 0 Å². The van der Waals surface area contributed by atoms with Gasteiger partial charge in [0.25, 0.3) is 0 Å². The summed E-state index contributed by atoms with van der Waals surface area (Å²) in [6.45, 7) is 0. The third-order valence-electron chi connectivity index (χ3n) is 9.04. The molecule has 0 unspecified atom stereocenters. The summed E-state index contributed by atoms with van der Waals surface area (Å²) >= 11 is 0. The Morgan fingerprint density at radius 1 is 0.370 bits per heavy atom. The van der Waals surface area contributed by atoms with E-state index in [2.05, 4.69) is 181 Å². The van der Waals surface area contributed by atoms with Gasteiger partial charge in [0.15, 0.2) is 5.58 Å². The molecule has 0 aliphatic heterocycles. The van der Waals surface area contributed by atoms with Crippen molar-refractivity contribution in [3.05, 3.63) is 176 Å². The third kappa shape index (κ3) is 4.35. The first-order valence-electron chi connectivity index (χ1n) is 15.7. The number of hydrogen-bond donors (Lipinski definition) is 0. The quantitative estimate of drug-likeness (QED) is 0.199. The van der Waals surface area contributed by atoms with Crippen LogP contribution in [0.2, 0.25) is 0 Å². The van der Waals surface area contributed by atoms with E-state index in [1.165, 1.54) is 38.2 Å². The van der Waals surface area contributed by atoms with E-state index in [9.17, 15) is 0 Å². The molecule has 1 aromatic heterocycles. The number of furan rings is 1. The monoisotopic (exact) mass is 587 g/mol. The highest BCUT2D eigenvalue weighted by molar-refractivity contribution is 6.14. The molecule has 1 heterocycles. The van der Waals surface area contributed by atoms with Crippen LogP contribution in [0.25, 0.3) is 65.7 Å². The van der Waals surface area contributed by atoms with Crippen molar-refractivity contribution in [2.75, 3.05) is 4.90 Å². The molecule has 46 heavy (non-hydrogen) atoms. The summed E-state index contributed by atoms with van der Waals surface area (Å²) in [6, 6.07) is 62.6. The van der Waals surface area contributed by atoms with E-state index in [0.717, 1.165) is 44.6 Å². The summed E-state index contributed by atoms with van der Waals surface area (Å²) in [6.07, 6.45) is 0. The number of hydrogen-bond acceptors (Lipinski definition) is 2. The highest BCUT2D eigenvalue weighted by Crippen LogP contribution is 2.46. The van der Waals surface area contributed by atoms with Gasteiger partial charge >= 0.3 is 0 Å². The minimum atomic E-state index is 0.869. The Labute approximate surface area is 267 Å². The Morgan fingerprint density at radius 2 is 0.957 bits per heavy atom. The number of anilines is 3. The van der Waals surface area contributed by atoms with Crippen molar-refractivity contribution in [3.8, 4) is 22.3 Å². The van der Waals surface area contributed by atoms with Gasteiger partial charge in [0.1, 0.15) is 5.58 Å². The molecular formula is C44H29NO. The van der Waals surface area contributed by atoms with Gasteiger partial charge in [-0.15, -0.1) is 0 Å². The fourth-order valence-corrected chi connectivity index (χ4v) is 6.85. The minimum Gasteiger partial charge on any atom is -0.454 e. The Bertz CT molecular complexity index is 2520. The van der Waals surface area contributed by atoms with Crippen molar-refractivity contribution < 1.29 is 4.42 Å². The summed E-state index contributed by atoms with van der Waals surface area (Å²) < 4.78 is 6.76. The van der Waals surface area contributed by atoms with Crippen LogP contribution in [0.4, 0.5) is 17.1 Å². The van der Waals surface area contributed by atoms with E-state index in [-0.39, 0.29) is 0 Å². The van der Waals surface area contributed by atoms with Crippen LogP contribution in [0, 0.1) is 0 Å². The van der Waals surface area contributed by atoms with E-state index in [1.54, 1.807) is 0 Å². The highest BCUT2D eigenvalue weighted by Gasteiger charge is 2.22. The summed E-state index contributed by atoms with van der Waals surface area (Å²) in [5.74, 6) is 0. The minimum absolute atomic E-state index is 0.869. The van der Waals surface area contributed by atoms with E-state index in [4.69, 9.17) is 4.42 Å². The second kappa shape index (κ2) is 10.8. The van der Waals surface area contributed by atoms with Gasteiger partial charge in [-0.25, -0.2) is 0 Å². The molecule has 0 radical (unpaired) electrons. The molecule has 0 saturated carbocycles. The van der Waals surface area contributed by atoms with Gasteiger partial charge in [0.05, 0.1) is 11.4 Å². The second-order valence-electron chi connectivity index (χ2n) is 11.7. The molecule has 8 aromatic carbocycles. The van der Waals surface area contributed by atoms with Crippen LogP contribution in [0.5, 0.6) is 0 Å². The first-order chi connectivity index (χ1) is 22.8. The lowest BCUT2D eigenvalue weighted by molar-refractivity contribution is 0.669. The van der Waals surface area contributed by atoms with Gasteiger partial charge in [0.2, 0.25) is 0 Å². The molecule has 2 heteroatoms. The molecule has 0 N–H and O–H groups in total. The molecular weight excluding hydrogens is 558 g/mol. The van der Waals surface area contributed by atoms with Gasteiger partial charge in [-0.1, -0.05) is 140 Å². The summed E-state index contributed by atoms with van der Waals surface area (Å²) in [5, 5.41) is 7.10. The van der Waals surface area contributed by atoms with E-state index < -0.39 is 0 Å². The van der Waals surface area contributed by atoms with Crippen molar-refractivity contribution in [1.82, 2.24) is 0 Å². The molecule has 9 aromatic rings. The van der Waals surface area contributed by atoms with Gasteiger partial charge in [0, 0.05) is 22.0 Å². The molecule has 0 aliphatic carbocycles. The molecule has 0 fully saturated rings. The fourth-order valence-electron chi connectivity index (χ4n) is 6.85. The first kappa shape index (κ1) is 26.3. The molecule has 0 saturated heterocycles. The van der Waals surface area contributed by atoms with Crippen molar-refractivity contribution in [2.45, 2.75) is 0 Å². The molecule has 0 amide bonds. The largest absolute Gasteiger partial charge is 0.454 e. The standard InChI is InChI=1S/C44H29NO/c1-2-12-31(13-3-1)38-19-8-9-22-41(38)45(35-26-24-32(25-27-35)37-20-10-17-30-14-6-7-18-36(30)37)42-23-11-21-39-40-28-33-15-4-5-16-34(33)29-43(40)46-44(39)42/h1-29H. The lowest BCUT2D eigenvalue weighted by Crippen LogP contribution is -2.11. The molecule has 2 nitrogen and oxygen atoms in total. The molecule has 216 valence electrons. The summed E-state index contributed by atoms with van der Waals surface area (Å²) in [4.78, 5) is 2.35. The van der Waals surface area contributed by atoms with Gasteiger partial charge in [-0.3, -0.25) is 0 Å². The SMILES string of the molecule is c1ccc(-c2ccccc2N(c2ccc(-c3cccc4ccccc34)cc2)c2cccc3c2oc2cc4ccccc4cc23)cc1. The second-order valence-corrected chi connectivity index (χ2v) is 11.7. The van der Waals surface area contributed by atoms with Crippen LogP contribution >= 0.6 is 0 Å². The van der Waals surface area contributed by atoms with Crippen LogP contribution in [-0.4, -0.2) is 0 Å². The topological polar surface area (TPSA) is 16.4 Å². The molecule has 0 atom stereocenters. The highest BCUT2D eigenvalue weighted by atomic mass is 16.3. The van der Waals surface area contributed by atoms with Crippen LogP contribution in [0.15, 0.2) is 180 Å². The average molecular weight is 588 g/mol. The smallest absolute Gasteiger partial charge is 0.159 e. The molecule has 0 bridgehead atoms. The zero-order valence-electron chi connectivity index (χ0n) is 25.1. The zero-order valence-corrected chi connectivity index (χ0v) is 25.1. The van der Waals surface area contributed by atoms with E-state index in [0.29, 0.717) is 0 Å². The third-order valence-corrected chi connectivity index (χ3v) is 9.04. The van der Waals surface area contributed by atoms with Crippen molar-refractivity contribution in [1.29, 1.82) is 0 Å². The number of fused-ring (bicyclic) bond motifs is 5. The lowest BCUT2D eigenvalue weighted by atomic mass is 9.97. The molecule has 0 aliphatic rings. The van der Waals surface area contributed by atoms with Crippen molar-refractivity contribution in [2.24, 2.45) is 0 Å². The van der Waals surface area contributed by atoms with E-state index >= 15 is 0 Å². The number of rotatable bonds is 5. The Morgan fingerprint density at radius 3 is 1.80 bits per heavy atom. The first-order valence-corrected chi connectivity index (χ1v) is 15.7. The van der Waals surface area contributed by atoms with Crippen molar-refractivity contribution >= 4 is 60.5 Å². The van der Waals surface area contributed by atoms with Crippen LogP contribution in [0.3, 0.4) is 0 Å².